The van der Waals surface area contributed by atoms with Crippen molar-refractivity contribution >= 4 is 0 Å². The fourth-order valence-electron chi connectivity index (χ4n) is 2.17. The first-order valence-electron chi connectivity index (χ1n) is 5.97. The van der Waals surface area contributed by atoms with Crippen LogP contribution in [0.25, 0.3) is 0 Å². The fraction of sp³-hybridized carbons (Fsp3) is 0.538. The Bertz CT molecular complexity index is 302. The van der Waals surface area contributed by atoms with Crippen LogP contribution < -0.4 is 15.8 Å². The number of benzene rings is 1. The summed E-state index contributed by atoms with van der Waals surface area (Å²) in [5.41, 5.74) is 5.69. The number of para-hydroxylation sites is 1. The van der Waals surface area contributed by atoms with Crippen molar-refractivity contribution < 1.29 is 4.74 Å². The van der Waals surface area contributed by atoms with Gasteiger partial charge in [0.15, 0.2) is 0 Å². The van der Waals surface area contributed by atoms with E-state index in [1.807, 2.05) is 30.3 Å². The summed E-state index contributed by atoms with van der Waals surface area (Å²) >= 11 is 0. The van der Waals surface area contributed by atoms with Crippen LogP contribution in [-0.4, -0.2) is 26.2 Å². The van der Waals surface area contributed by atoms with Gasteiger partial charge in [-0.05, 0) is 37.6 Å². The van der Waals surface area contributed by atoms with E-state index < -0.39 is 0 Å². The summed E-state index contributed by atoms with van der Waals surface area (Å²) in [7, 11) is 0. The highest BCUT2D eigenvalue weighted by atomic mass is 16.5. The summed E-state index contributed by atoms with van der Waals surface area (Å²) in [6.45, 7) is 3.66. The maximum Gasteiger partial charge on any atom is 0.119 e. The Hall–Kier alpha value is -1.06. The quantitative estimate of drug-likeness (QED) is 0.803. The molecule has 1 saturated heterocycles. The zero-order valence-electron chi connectivity index (χ0n) is 9.56. The zero-order chi connectivity index (χ0) is 11.2. The predicted molar refractivity (Wildman–Crippen MR) is 65.5 cm³/mol. The molecule has 0 unspecified atom stereocenters. The smallest absolute Gasteiger partial charge is 0.119 e. The van der Waals surface area contributed by atoms with Gasteiger partial charge >= 0.3 is 0 Å². The van der Waals surface area contributed by atoms with E-state index in [0.717, 1.165) is 32.0 Å². The van der Waals surface area contributed by atoms with Crippen LogP contribution in [0.4, 0.5) is 0 Å². The molecule has 1 aromatic rings. The van der Waals surface area contributed by atoms with Gasteiger partial charge in [-0.1, -0.05) is 18.2 Å². The third-order valence-corrected chi connectivity index (χ3v) is 3.09. The van der Waals surface area contributed by atoms with Crippen LogP contribution in [0, 0.1) is 11.8 Å². The Morgan fingerprint density at radius 1 is 1.19 bits per heavy atom. The Labute approximate surface area is 97.0 Å². The molecule has 0 saturated carbocycles. The molecular formula is C13H20N2O. The minimum atomic E-state index is 0.586. The van der Waals surface area contributed by atoms with Crippen LogP contribution in [0.1, 0.15) is 6.42 Å². The second-order valence-corrected chi connectivity index (χ2v) is 4.49. The van der Waals surface area contributed by atoms with Crippen molar-refractivity contribution in [1.29, 1.82) is 0 Å². The minimum Gasteiger partial charge on any atom is -0.493 e. The lowest BCUT2D eigenvalue weighted by Crippen LogP contribution is -2.41. The normalized spacial score (nSPS) is 25.3. The molecule has 0 aromatic heterocycles. The number of nitrogens with two attached hydrogens (primary N) is 1. The Morgan fingerprint density at radius 2 is 1.94 bits per heavy atom. The van der Waals surface area contributed by atoms with Crippen LogP contribution in [-0.2, 0) is 0 Å². The van der Waals surface area contributed by atoms with Gasteiger partial charge in [-0.3, -0.25) is 0 Å². The lowest BCUT2D eigenvalue weighted by atomic mass is 9.91. The van der Waals surface area contributed by atoms with E-state index >= 15 is 0 Å². The Kier molecular flexibility index (Phi) is 4.19. The third-order valence-electron chi connectivity index (χ3n) is 3.09. The number of rotatable bonds is 4. The van der Waals surface area contributed by atoms with Crippen molar-refractivity contribution in [3.8, 4) is 5.75 Å². The summed E-state index contributed by atoms with van der Waals surface area (Å²) in [6.07, 6.45) is 1.18. The highest BCUT2D eigenvalue weighted by Crippen LogP contribution is 2.17. The molecule has 0 aliphatic carbocycles. The second kappa shape index (κ2) is 5.87. The summed E-state index contributed by atoms with van der Waals surface area (Å²) in [4.78, 5) is 0. The number of hydrogen-bond acceptors (Lipinski definition) is 3. The predicted octanol–water partition coefficient (Wildman–Crippen LogP) is 1.25. The topological polar surface area (TPSA) is 47.3 Å². The summed E-state index contributed by atoms with van der Waals surface area (Å²) in [5.74, 6) is 2.15. The zero-order valence-corrected chi connectivity index (χ0v) is 9.56. The molecule has 3 heteroatoms. The molecule has 1 aliphatic rings. The van der Waals surface area contributed by atoms with E-state index in [9.17, 15) is 0 Å². The van der Waals surface area contributed by atoms with E-state index in [1.165, 1.54) is 6.42 Å². The molecule has 16 heavy (non-hydrogen) atoms. The van der Waals surface area contributed by atoms with Gasteiger partial charge in [-0.25, -0.2) is 0 Å². The number of hydrogen-bond donors (Lipinski definition) is 2. The maximum atomic E-state index is 5.76. The summed E-state index contributed by atoms with van der Waals surface area (Å²) in [6, 6.07) is 9.99. The minimum absolute atomic E-state index is 0.586. The molecule has 3 N–H and O–H groups in total. The van der Waals surface area contributed by atoms with E-state index in [1.54, 1.807) is 0 Å². The van der Waals surface area contributed by atoms with Crippen molar-refractivity contribution in [1.82, 2.24) is 5.32 Å². The lowest BCUT2D eigenvalue weighted by Gasteiger charge is -2.29. The van der Waals surface area contributed by atoms with E-state index in [2.05, 4.69) is 5.32 Å². The molecule has 0 bridgehead atoms. The molecule has 0 radical (unpaired) electrons. The van der Waals surface area contributed by atoms with Gasteiger partial charge in [-0.2, -0.15) is 0 Å². The van der Waals surface area contributed by atoms with Crippen LogP contribution in [0.3, 0.4) is 0 Å². The molecule has 1 aliphatic heterocycles. The molecule has 0 amide bonds. The van der Waals surface area contributed by atoms with Crippen LogP contribution >= 0.6 is 0 Å². The molecule has 2 atom stereocenters. The van der Waals surface area contributed by atoms with Crippen molar-refractivity contribution in [3.63, 3.8) is 0 Å². The molecular weight excluding hydrogens is 200 g/mol. The van der Waals surface area contributed by atoms with E-state index in [4.69, 9.17) is 10.5 Å². The largest absolute Gasteiger partial charge is 0.493 e. The first-order valence-corrected chi connectivity index (χ1v) is 5.97. The molecule has 1 heterocycles. The fourth-order valence-corrected chi connectivity index (χ4v) is 2.17. The Balaban J connectivity index is 1.77. The van der Waals surface area contributed by atoms with E-state index in [0.29, 0.717) is 11.8 Å². The van der Waals surface area contributed by atoms with Crippen LogP contribution in [0.15, 0.2) is 30.3 Å². The molecule has 3 nitrogen and oxygen atoms in total. The number of nitrogens with one attached hydrogen (secondary N) is 1. The van der Waals surface area contributed by atoms with Crippen LogP contribution in [0.5, 0.6) is 5.75 Å². The molecule has 2 rings (SSSR count). The first kappa shape index (κ1) is 11.4. The highest BCUT2D eigenvalue weighted by Gasteiger charge is 2.20. The van der Waals surface area contributed by atoms with Gasteiger partial charge in [0.2, 0.25) is 0 Å². The van der Waals surface area contributed by atoms with Gasteiger partial charge in [0.25, 0.3) is 0 Å². The average Bonchev–Trinajstić information content (AvgIpc) is 2.38. The van der Waals surface area contributed by atoms with Crippen molar-refractivity contribution in [2.75, 3.05) is 26.2 Å². The standard InChI is InChI=1S/C13H20N2O/c14-7-11-6-12(9-15-8-11)10-16-13-4-2-1-3-5-13/h1-5,11-12,15H,6-10,14H2/t11-,12+/m1/s1. The third kappa shape index (κ3) is 3.22. The van der Waals surface area contributed by atoms with Gasteiger partial charge < -0.3 is 15.8 Å². The number of piperidine rings is 1. The van der Waals surface area contributed by atoms with Crippen molar-refractivity contribution in [2.45, 2.75) is 6.42 Å². The summed E-state index contributed by atoms with van der Waals surface area (Å²) in [5, 5.41) is 3.41. The highest BCUT2D eigenvalue weighted by molar-refractivity contribution is 5.20. The molecule has 88 valence electrons. The molecule has 0 spiro atoms. The van der Waals surface area contributed by atoms with Gasteiger partial charge in [-0.15, -0.1) is 0 Å². The molecule has 1 aromatic carbocycles. The molecule has 1 fully saturated rings. The van der Waals surface area contributed by atoms with Crippen molar-refractivity contribution in [3.05, 3.63) is 30.3 Å². The summed E-state index contributed by atoms with van der Waals surface area (Å²) < 4.78 is 5.76. The SMILES string of the molecule is NC[C@@H]1CNC[C@@H](COc2ccccc2)C1. The maximum absolute atomic E-state index is 5.76. The van der Waals surface area contributed by atoms with Crippen molar-refractivity contribution in [2.24, 2.45) is 17.6 Å². The van der Waals surface area contributed by atoms with Gasteiger partial charge in [0.05, 0.1) is 6.61 Å². The lowest BCUT2D eigenvalue weighted by molar-refractivity contribution is 0.190. The first-order chi connectivity index (χ1) is 7.88. The monoisotopic (exact) mass is 220 g/mol. The average molecular weight is 220 g/mol. The second-order valence-electron chi connectivity index (χ2n) is 4.49. The number of ether oxygens (including phenoxy) is 1. The van der Waals surface area contributed by atoms with Gasteiger partial charge in [0, 0.05) is 12.5 Å². The van der Waals surface area contributed by atoms with Crippen LogP contribution in [0.2, 0.25) is 0 Å². The Morgan fingerprint density at radius 3 is 2.69 bits per heavy atom. The van der Waals surface area contributed by atoms with Gasteiger partial charge in [0.1, 0.15) is 5.75 Å². The van der Waals surface area contributed by atoms with E-state index in [-0.39, 0.29) is 0 Å².